The van der Waals surface area contributed by atoms with E-state index in [1.54, 1.807) is 23.5 Å². The molecule has 10 heteroatoms. The second-order valence-electron chi connectivity index (χ2n) is 9.53. The van der Waals surface area contributed by atoms with Crippen molar-refractivity contribution >= 4 is 27.5 Å². The van der Waals surface area contributed by atoms with E-state index in [1.807, 2.05) is 30.0 Å². The summed E-state index contributed by atoms with van der Waals surface area (Å²) < 4.78 is 20.9. The molecule has 1 amide bonds. The number of ether oxygens (including phenoxy) is 1. The molecule has 8 nitrogen and oxygen atoms in total. The molecular formula is C26H31FN4O4S. The number of thiazole rings is 1. The molecule has 0 spiro atoms. The summed E-state index contributed by atoms with van der Waals surface area (Å²) in [6, 6.07) is 9.93. The number of carbonyl (C=O) groups is 1. The number of benzene rings is 2. The molecule has 3 aromatic rings. The van der Waals surface area contributed by atoms with Crippen LogP contribution in [0.25, 0.3) is 10.2 Å². The molecular weight excluding hydrogens is 483 g/mol. The first-order chi connectivity index (χ1) is 17.4. The Bertz CT molecular complexity index is 1230. The van der Waals surface area contributed by atoms with Crippen LogP contribution in [-0.2, 0) is 11.2 Å². The zero-order valence-electron chi connectivity index (χ0n) is 20.2. The van der Waals surface area contributed by atoms with E-state index in [0.717, 1.165) is 28.3 Å². The Kier molecular flexibility index (Phi) is 7.49. The van der Waals surface area contributed by atoms with Crippen LogP contribution in [0.2, 0.25) is 0 Å². The Hall–Kier alpha value is -2.63. The van der Waals surface area contributed by atoms with E-state index in [0.29, 0.717) is 36.5 Å². The van der Waals surface area contributed by atoms with E-state index in [2.05, 4.69) is 15.2 Å². The van der Waals surface area contributed by atoms with E-state index >= 15 is 0 Å². The Morgan fingerprint density at radius 1 is 1.25 bits per heavy atom. The molecule has 1 aliphatic heterocycles. The molecule has 2 aliphatic rings. The number of hydrogen-bond donors (Lipinski definition) is 3. The molecule has 1 aliphatic carbocycles. The fourth-order valence-electron chi connectivity index (χ4n) is 5.00. The molecule has 36 heavy (non-hydrogen) atoms. The molecule has 2 aromatic carbocycles. The number of aromatic nitrogens is 1. The number of carbonyl (C=O) groups excluding carboxylic acids is 1. The van der Waals surface area contributed by atoms with Crippen LogP contribution in [0, 0.1) is 12.7 Å². The van der Waals surface area contributed by atoms with Gasteiger partial charge < -0.3 is 20.3 Å². The first kappa shape index (κ1) is 25.0. The second-order valence-corrected chi connectivity index (χ2v) is 10.8. The first-order valence-corrected chi connectivity index (χ1v) is 13.0. The van der Waals surface area contributed by atoms with Gasteiger partial charge in [-0.3, -0.25) is 14.6 Å². The van der Waals surface area contributed by atoms with Crippen LogP contribution in [0.3, 0.4) is 0 Å². The molecule has 2 heterocycles. The van der Waals surface area contributed by atoms with E-state index in [4.69, 9.17) is 4.74 Å². The summed E-state index contributed by atoms with van der Waals surface area (Å²) in [6.45, 7) is 5.73. The number of aliphatic hydroxyl groups is 2. The summed E-state index contributed by atoms with van der Waals surface area (Å²) in [7, 11) is 0. The maximum atomic E-state index is 14.0. The van der Waals surface area contributed by atoms with Crippen molar-refractivity contribution in [3.63, 3.8) is 0 Å². The maximum Gasteiger partial charge on any atom is 0.234 e. The largest absolute Gasteiger partial charge is 0.491 e. The molecule has 0 radical (unpaired) electrons. The topological polar surface area (TPSA) is 98.2 Å². The van der Waals surface area contributed by atoms with Crippen molar-refractivity contribution in [2.45, 2.75) is 31.6 Å². The average molecular weight is 515 g/mol. The summed E-state index contributed by atoms with van der Waals surface area (Å²) in [6.07, 6.45) is -1.25. The predicted octanol–water partition coefficient (Wildman–Crippen LogP) is 1.88. The number of nitrogens with one attached hydrogen (secondary N) is 1. The molecule has 1 saturated heterocycles. The summed E-state index contributed by atoms with van der Waals surface area (Å²) in [5.74, 6) is 0.161. The zero-order valence-corrected chi connectivity index (χ0v) is 21.0. The maximum absolute atomic E-state index is 14.0. The highest BCUT2D eigenvalue weighted by Crippen LogP contribution is 2.33. The summed E-state index contributed by atoms with van der Waals surface area (Å²) >= 11 is 1.64. The van der Waals surface area contributed by atoms with Crippen LogP contribution in [0.4, 0.5) is 4.39 Å². The third kappa shape index (κ3) is 5.68. The lowest BCUT2D eigenvalue weighted by molar-refractivity contribution is -0.124. The number of piperazine rings is 1. The zero-order chi connectivity index (χ0) is 25.2. The van der Waals surface area contributed by atoms with Crippen LogP contribution in [-0.4, -0.2) is 89.0 Å². The first-order valence-electron chi connectivity index (χ1n) is 12.2. The Morgan fingerprint density at radius 2 is 2.03 bits per heavy atom. The lowest BCUT2D eigenvalue weighted by atomic mass is 10.1. The summed E-state index contributed by atoms with van der Waals surface area (Å²) in [4.78, 5) is 21.3. The minimum Gasteiger partial charge on any atom is -0.491 e. The van der Waals surface area contributed by atoms with Crippen molar-refractivity contribution in [2.24, 2.45) is 0 Å². The average Bonchev–Trinajstić information content (AvgIpc) is 3.38. The predicted molar refractivity (Wildman–Crippen MR) is 136 cm³/mol. The normalized spacial score (nSPS) is 21.4. The quantitative estimate of drug-likeness (QED) is 0.422. The van der Waals surface area contributed by atoms with E-state index in [1.165, 1.54) is 6.07 Å². The van der Waals surface area contributed by atoms with Gasteiger partial charge >= 0.3 is 0 Å². The fraction of sp³-hybridized carbons (Fsp3) is 0.462. The van der Waals surface area contributed by atoms with Crippen molar-refractivity contribution < 1.29 is 24.1 Å². The van der Waals surface area contributed by atoms with Gasteiger partial charge in [0.1, 0.15) is 24.3 Å². The van der Waals surface area contributed by atoms with E-state index in [-0.39, 0.29) is 31.3 Å². The monoisotopic (exact) mass is 514 g/mol. The lowest BCUT2D eigenvalue weighted by Gasteiger charge is -2.35. The number of β-amino-alcohol motifs (C(OH)–C–C–N with tert-alkyl or cyclic N) is 1. The smallest absolute Gasteiger partial charge is 0.234 e. The molecule has 1 aromatic heterocycles. The van der Waals surface area contributed by atoms with Gasteiger partial charge in [0.15, 0.2) is 0 Å². The Labute approximate surface area is 213 Å². The molecule has 3 atom stereocenters. The molecule has 3 N–H and O–H groups in total. The highest BCUT2D eigenvalue weighted by Gasteiger charge is 2.34. The van der Waals surface area contributed by atoms with Gasteiger partial charge in [-0.2, -0.15) is 0 Å². The van der Waals surface area contributed by atoms with Gasteiger partial charge in [-0.05, 0) is 36.2 Å². The van der Waals surface area contributed by atoms with Crippen LogP contribution in [0.15, 0.2) is 36.4 Å². The number of rotatable bonds is 8. The van der Waals surface area contributed by atoms with Gasteiger partial charge in [0.2, 0.25) is 5.91 Å². The van der Waals surface area contributed by atoms with Gasteiger partial charge in [-0.25, -0.2) is 9.37 Å². The minimum absolute atomic E-state index is 0.190. The van der Waals surface area contributed by atoms with Gasteiger partial charge in [0, 0.05) is 45.2 Å². The lowest BCUT2D eigenvalue weighted by Crippen LogP contribution is -2.51. The highest BCUT2D eigenvalue weighted by molar-refractivity contribution is 7.18. The van der Waals surface area contributed by atoms with Gasteiger partial charge in [0.25, 0.3) is 0 Å². The van der Waals surface area contributed by atoms with Gasteiger partial charge in [-0.15, -0.1) is 11.3 Å². The number of aliphatic hydroxyl groups excluding tert-OH is 2. The van der Waals surface area contributed by atoms with Crippen LogP contribution in [0.1, 0.15) is 22.2 Å². The molecule has 0 bridgehead atoms. The van der Waals surface area contributed by atoms with Crippen molar-refractivity contribution in [2.75, 3.05) is 45.9 Å². The number of amides is 1. The number of fused-ring (bicyclic) bond motifs is 2. The number of halogens is 1. The molecule has 3 unspecified atom stereocenters. The minimum atomic E-state index is -0.825. The van der Waals surface area contributed by atoms with Crippen molar-refractivity contribution in [3.8, 4) is 5.75 Å². The molecule has 1 fully saturated rings. The van der Waals surface area contributed by atoms with E-state index < -0.39 is 18.2 Å². The second kappa shape index (κ2) is 10.8. The van der Waals surface area contributed by atoms with Crippen molar-refractivity contribution in [1.29, 1.82) is 0 Å². The molecule has 0 saturated carbocycles. The Morgan fingerprint density at radius 3 is 2.83 bits per heavy atom. The third-order valence-electron chi connectivity index (χ3n) is 6.81. The fourth-order valence-corrected chi connectivity index (χ4v) is 5.81. The van der Waals surface area contributed by atoms with Crippen LogP contribution < -0.4 is 10.1 Å². The number of hydrogen-bond acceptors (Lipinski definition) is 8. The van der Waals surface area contributed by atoms with Crippen molar-refractivity contribution in [1.82, 2.24) is 20.1 Å². The van der Waals surface area contributed by atoms with Gasteiger partial charge in [0.05, 0.1) is 33.9 Å². The standard InChI is InChI=1S/C26H31FN4O4S/c1-16-28-22-11-18(5-6-24(22)36-16)35-15-17(32)13-30-7-9-31(10-8-30)14-25(34)29-26-19-3-2-4-21(27)20(19)12-23(26)33/h2-6,11,17,23,26,32-33H,7-10,12-15H2,1H3,(H,29,34). The Balaban J connectivity index is 1.04. The molecule has 192 valence electrons. The number of aryl methyl sites for hydroxylation is 1. The van der Waals surface area contributed by atoms with Crippen molar-refractivity contribution in [3.05, 3.63) is 58.3 Å². The summed E-state index contributed by atoms with van der Waals surface area (Å²) in [5, 5.41) is 24.7. The van der Waals surface area contributed by atoms with Crippen LogP contribution >= 0.6 is 11.3 Å². The third-order valence-corrected chi connectivity index (χ3v) is 7.77. The summed E-state index contributed by atoms with van der Waals surface area (Å²) in [5.41, 5.74) is 2.03. The van der Waals surface area contributed by atoms with Gasteiger partial charge in [-0.1, -0.05) is 12.1 Å². The SMILES string of the molecule is Cc1nc2cc(OCC(O)CN3CCN(CC(=O)NC4c5cccc(F)c5CC4O)CC3)ccc2s1. The number of nitrogens with zero attached hydrogens (tertiary/aromatic N) is 3. The van der Waals surface area contributed by atoms with E-state index in [9.17, 15) is 19.4 Å². The highest BCUT2D eigenvalue weighted by atomic mass is 32.1. The van der Waals surface area contributed by atoms with Crippen LogP contribution in [0.5, 0.6) is 5.75 Å². The molecule has 5 rings (SSSR count).